The number of carboxylic acids is 1. The van der Waals surface area contributed by atoms with Crippen molar-refractivity contribution in [3.8, 4) is 0 Å². The first-order chi connectivity index (χ1) is 9.16. The van der Waals surface area contributed by atoms with Crippen LogP contribution in [0.3, 0.4) is 0 Å². The highest BCUT2D eigenvalue weighted by Crippen LogP contribution is 2.19. The Labute approximate surface area is 112 Å². The Morgan fingerprint density at radius 2 is 1.95 bits per heavy atom. The summed E-state index contributed by atoms with van der Waals surface area (Å²) in [6.45, 7) is 3.19. The van der Waals surface area contributed by atoms with Gasteiger partial charge in [0, 0.05) is 25.7 Å². The van der Waals surface area contributed by atoms with Crippen LogP contribution in [0.1, 0.15) is 25.7 Å². The second-order valence-corrected chi connectivity index (χ2v) is 4.96. The predicted octanol–water partition coefficient (Wildman–Crippen LogP) is 0.272. The van der Waals surface area contributed by atoms with Gasteiger partial charge in [0.05, 0.1) is 19.6 Å². The number of amides is 2. The number of nitrogens with one attached hydrogen (secondary N) is 1. The molecule has 0 aliphatic carbocycles. The second-order valence-electron chi connectivity index (χ2n) is 4.96. The number of likely N-dealkylation sites (tertiary alicyclic amines) is 1. The van der Waals surface area contributed by atoms with Gasteiger partial charge in [-0.1, -0.05) is 0 Å². The topological polar surface area (TPSA) is 82.1 Å². The Hall–Kier alpha value is -1.34. The molecule has 2 amide bonds. The summed E-state index contributed by atoms with van der Waals surface area (Å²) in [7, 11) is 0. The molecule has 7 nitrogen and oxygen atoms in total. The summed E-state index contributed by atoms with van der Waals surface area (Å²) in [5.41, 5.74) is 2.84. The molecule has 0 aromatic carbocycles. The molecule has 7 heteroatoms. The lowest BCUT2D eigenvalue weighted by Gasteiger charge is -2.37. The normalized spacial score (nSPS) is 25.1. The number of piperidine rings is 1. The van der Waals surface area contributed by atoms with Crippen molar-refractivity contribution < 1.29 is 19.4 Å². The Balaban J connectivity index is 1.88. The zero-order chi connectivity index (χ0) is 13.7. The molecule has 0 spiro atoms. The number of hydrogen-bond acceptors (Lipinski definition) is 4. The second kappa shape index (κ2) is 6.72. The number of carbonyl (C=O) groups excluding carboxylic acids is 1. The van der Waals surface area contributed by atoms with Crippen LogP contribution in [-0.2, 0) is 9.53 Å². The summed E-state index contributed by atoms with van der Waals surface area (Å²) in [6.07, 6.45) is 2.71. The summed E-state index contributed by atoms with van der Waals surface area (Å²) in [5, 5.41) is 10.7. The summed E-state index contributed by atoms with van der Waals surface area (Å²) in [5.74, 6) is -0.851. The van der Waals surface area contributed by atoms with Gasteiger partial charge >= 0.3 is 12.0 Å². The standard InChI is InChI=1S/C12H21N3O4/c16-11(17)9-10-3-1-2-4-15(10)12(18)13-14-5-7-19-8-6-14/h10H,1-9H2,(H,13,18)(H,16,17). The van der Waals surface area contributed by atoms with E-state index in [1.165, 1.54) is 0 Å². The zero-order valence-corrected chi connectivity index (χ0v) is 11.0. The maximum Gasteiger partial charge on any atom is 0.332 e. The van der Waals surface area contributed by atoms with Crippen molar-refractivity contribution in [1.82, 2.24) is 15.3 Å². The lowest BCUT2D eigenvalue weighted by molar-refractivity contribution is -0.138. The van der Waals surface area contributed by atoms with Gasteiger partial charge in [-0.2, -0.15) is 0 Å². The van der Waals surface area contributed by atoms with Crippen molar-refractivity contribution in [1.29, 1.82) is 0 Å². The molecule has 0 saturated carbocycles. The molecule has 2 rings (SSSR count). The van der Waals surface area contributed by atoms with Crippen LogP contribution in [0.15, 0.2) is 0 Å². The molecule has 1 atom stereocenters. The van der Waals surface area contributed by atoms with E-state index in [2.05, 4.69) is 5.43 Å². The lowest BCUT2D eigenvalue weighted by atomic mass is 10.00. The number of hydrazine groups is 1. The third-order valence-corrected chi connectivity index (χ3v) is 3.56. The quantitative estimate of drug-likeness (QED) is 0.770. The first kappa shape index (κ1) is 14.1. The third kappa shape index (κ3) is 4.07. The van der Waals surface area contributed by atoms with E-state index in [0.717, 1.165) is 19.3 Å². The number of hydrogen-bond donors (Lipinski definition) is 2. The van der Waals surface area contributed by atoms with Gasteiger partial charge in [0.25, 0.3) is 0 Å². The Kier molecular flexibility index (Phi) is 4.98. The van der Waals surface area contributed by atoms with Crippen LogP contribution in [0.5, 0.6) is 0 Å². The molecule has 2 N–H and O–H groups in total. The molecule has 2 aliphatic rings. The number of urea groups is 1. The summed E-state index contributed by atoms with van der Waals surface area (Å²) >= 11 is 0. The van der Waals surface area contributed by atoms with Gasteiger partial charge in [0.2, 0.25) is 0 Å². The van der Waals surface area contributed by atoms with Gasteiger partial charge in [0.1, 0.15) is 0 Å². The predicted molar refractivity (Wildman–Crippen MR) is 67.5 cm³/mol. The number of aliphatic carboxylic acids is 1. The monoisotopic (exact) mass is 271 g/mol. The van der Waals surface area contributed by atoms with Crippen LogP contribution in [0.2, 0.25) is 0 Å². The van der Waals surface area contributed by atoms with Gasteiger partial charge in [-0.25, -0.2) is 9.80 Å². The fraction of sp³-hybridized carbons (Fsp3) is 0.833. The molecule has 2 aliphatic heterocycles. The molecule has 1 unspecified atom stereocenters. The van der Waals surface area contributed by atoms with Crippen LogP contribution < -0.4 is 5.43 Å². The third-order valence-electron chi connectivity index (χ3n) is 3.56. The van der Waals surface area contributed by atoms with Crippen LogP contribution in [0, 0.1) is 0 Å². The van der Waals surface area contributed by atoms with E-state index >= 15 is 0 Å². The number of morpholine rings is 1. The largest absolute Gasteiger partial charge is 0.481 e. The minimum Gasteiger partial charge on any atom is -0.481 e. The summed E-state index contributed by atoms with van der Waals surface area (Å²) < 4.78 is 5.22. The van der Waals surface area contributed by atoms with E-state index < -0.39 is 5.97 Å². The van der Waals surface area contributed by atoms with E-state index in [0.29, 0.717) is 32.8 Å². The average Bonchev–Trinajstić information content (AvgIpc) is 2.39. The van der Waals surface area contributed by atoms with Crippen LogP contribution in [-0.4, -0.2) is 65.9 Å². The van der Waals surface area contributed by atoms with Crippen LogP contribution in [0.25, 0.3) is 0 Å². The summed E-state index contributed by atoms with van der Waals surface area (Å²) in [4.78, 5) is 24.7. The fourth-order valence-electron chi connectivity index (χ4n) is 2.56. The molecule has 0 aromatic rings. The van der Waals surface area contributed by atoms with Crippen molar-refractivity contribution in [3.05, 3.63) is 0 Å². The van der Waals surface area contributed by atoms with E-state index in [1.54, 1.807) is 4.90 Å². The highest BCUT2D eigenvalue weighted by molar-refractivity contribution is 5.75. The van der Waals surface area contributed by atoms with E-state index in [9.17, 15) is 9.59 Å². The number of ether oxygens (including phenoxy) is 1. The van der Waals surface area contributed by atoms with Crippen LogP contribution >= 0.6 is 0 Å². The van der Waals surface area contributed by atoms with E-state index in [1.807, 2.05) is 5.01 Å². The number of carbonyl (C=O) groups is 2. The van der Waals surface area contributed by atoms with Gasteiger partial charge in [-0.15, -0.1) is 0 Å². The smallest absolute Gasteiger partial charge is 0.332 e. The van der Waals surface area contributed by atoms with Gasteiger partial charge < -0.3 is 14.7 Å². The molecular formula is C12H21N3O4. The molecule has 2 saturated heterocycles. The van der Waals surface area contributed by atoms with Crippen molar-refractivity contribution in [3.63, 3.8) is 0 Å². The maximum absolute atomic E-state index is 12.2. The van der Waals surface area contributed by atoms with E-state index in [-0.39, 0.29) is 18.5 Å². The first-order valence-electron chi connectivity index (χ1n) is 6.78. The number of nitrogens with zero attached hydrogens (tertiary/aromatic N) is 2. The lowest BCUT2D eigenvalue weighted by Crippen LogP contribution is -2.56. The Morgan fingerprint density at radius 3 is 2.63 bits per heavy atom. The maximum atomic E-state index is 12.2. The molecule has 2 heterocycles. The van der Waals surface area contributed by atoms with Crippen molar-refractivity contribution >= 4 is 12.0 Å². The Morgan fingerprint density at radius 1 is 1.21 bits per heavy atom. The van der Waals surface area contributed by atoms with Gasteiger partial charge in [-0.3, -0.25) is 10.2 Å². The van der Waals surface area contributed by atoms with Crippen molar-refractivity contribution in [2.75, 3.05) is 32.8 Å². The Bertz CT molecular complexity index is 331. The average molecular weight is 271 g/mol. The van der Waals surface area contributed by atoms with Gasteiger partial charge in [0.15, 0.2) is 0 Å². The molecule has 0 aromatic heterocycles. The molecule has 0 radical (unpaired) electrons. The number of carboxylic acid groups (broad SMARTS) is 1. The SMILES string of the molecule is O=C(O)CC1CCCCN1C(=O)NN1CCOCC1. The minimum atomic E-state index is -0.851. The molecule has 0 bridgehead atoms. The zero-order valence-electron chi connectivity index (χ0n) is 11.0. The van der Waals surface area contributed by atoms with E-state index in [4.69, 9.17) is 9.84 Å². The fourth-order valence-corrected chi connectivity index (χ4v) is 2.56. The number of rotatable bonds is 3. The van der Waals surface area contributed by atoms with Crippen LogP contribution in [0.4, 0.5) is 4.79 Å². The van der Waals surface area contributed by atoms with Crippen molar-refractivity contribution in [2.24, 2.45) is 0 Å². The van der Waals surface area contributed by atoms with Crippen molar-refractivity contribution in [2.45, 2.75) is 31.7 Å². The van der Waals surface area contributed by atoms with Gasteiger partial charge in [-0.05, 0) is 19.3 Å². The highest BCUT2D eigenvalue weighted by atomic mass is 16.5. The first-order valence-corrected chi connectivity index (χ1v) is 6.78. The summed E-state index contributed by atoms with van der Waals surface area (Å²) in [6, 6.07) is -0.375. The highest BCUT2D eigenvalue weighted by Gasteiger charge is 2.29. The molecule has 108 valence electrons. The molecule has 19 heavy (non-hydrogen) atoms. The molecule has 2 fully saturated rings. The minimum absolute atomic E-state index is 0.0243. The molecular weight excluding hydrogens is 250 g/mol.